The van der Waals surface area contributed by atoms with E-state index in [1.165, 1.54) is 0 Å². The molecule has 1 aliphatic rings. The number of benzene rings is 3. The van der Waals surface area contributed by atoms with E-state index < -0.39 is 5.97 Å². The predicted octanol–water partition coefficient (Wildman–Crippen LogP) is 4.89. The summed E-state index contributed by atoms with van der Waals surface area (Å²) in [6.45, 7) is 2.62. The minimum absolute atomic E-state index is 0.0785. The average Bonchev–Trinajstić information content (AvgIpc) is 3.20. The van der Waals surface area contributed by atoms with Crippen molar-refractivity contribution in [3.05, 3.63) is 101 Å². The third-order valence-electron chi connectivity index (χ3n) is 5.28. The molecule has 0 aromatic heterocycles. The normalized spacial score (nSPS) is 15.4. The third kappa shape index (κ3) is 5.43. The van der Waals surface area contributed by atoms with Crippen LogP contribution in [0.15, 0.2) is 78.9 Å². The Labute approximate surface area is 196 Å². The van der Waals surface area contributed by atoms with Crippen LogP contribution in [0, 0.1) is 0 Å². The predicted molar refractivity (Wildman–Crippen MR) is 129 cm³/mol. The molecule has 3 aromatic rings. The Balaban J connectivity index is 1.41. The maximum atomic E-state index is 12.7. The second-order valence-electron chi connectivity index (χ2n) is 7.54. The molecule has 1 aliphatic heterocycles. The minimum atomic E-state index is -0.393. The molecule has 0 bridgehead atoms. The van der Waals surface area contributed by atoms with Crippen LogP contribution in [0.3, 0.4) is 0 Å². The van der Waals surface area contributed by atoms with Gasteiger partial charge in [0, 0.05) is 17.8 Å². The van der Waals surface area contributed by atoms with Gasteiger partial charge in [0.2, 0.25) is 5.91 Å². The summed E-state index contributed by atoms with van der Waals surface area (Å²) in [7, 11) is 0. The summed E-state index contributed by atoms with van der Waals surface area (Å²) in [6, 6.07) is 23.8. The van der Waals surface area contributed by atoms with Gasteiger partial charge in [-0.2, -0.15) is 0 Å². The molecule has 0 saturated carbocycles. The highest BCUT2D eigenvalue weighted by Crippen LogP contribution is 2.39. The van der Waals surface area contributed by atoms with Crippen molar-refractivity contribution in [1.29, 1.82) is 0 Å². The number of nitrogens with one attached hydrogen (secondary N) is 1. The molecule has 1 N–H and O–H groups in total. The Bertz CT molecular complexity index is 1130. The molecule has 4 rings (SSSR count). The molecule has 1 saturated heterocycles. The van der Waals surface area contributed by atoms with Crippen molar-refractivity contribution in [2.75, 3.05) is 17.7 Å². The Hall–Kier alpha value is -3.58. The Kier molecular flexibility index (Phi) is 7.10. The van der Waals surface area contributed by atoms with Crippen LogP contribution in [0.4, 0.5) is 5.69 Å². The molecule has 2 amide bonds. The van der Waals surface area contributed by atoms with E-state index in [1.807, 2.05) is 47.4 Å². The SMILES string of the molecule is CCOC(=O)c1ccc(NC(=O)c2ccc([C@@H]3SCC(=O)N3Cc3ccccc3)cc2)cc1. The summed E-state index contributed by atoms with van der Waals surface area (Å²) in [4.78, 5) is 38.7. The van der Waals surface area contributed by atoms with E-state index >= 15 is 0 Å². The quantitative estimate of drug-likeness (QED) is 0.508. The molecule has 3 aromatic carbocycles. The first-order chi connectivity index (χ1) is 16.0. The van der Waals surface area contributed by atoms with Crippen LogP contribution in [0.25, 0.3) is 0 Å². The number of nitrogens with zero attached hydrogens (tertiary/aromatic N) is 1. The fourth-order valence-electron chi connectivity index (χ4n) is 3.59. The van der Waals surface area contributed by atoms with Crippen LogP contribution in [-0.4, -0.2) is 35.0 Å². The number of rotatable bonds is 7. The van der Waals surface area contributed by atoms with Gasteiger partial charge in [-0.05, 0) is 54.4 Å². The summed E-state index contributed by atoms with van der Waals surface area (Å²) >= 11 is 1.59. The zero-order chi connectivity index (χ0) is 23.2. The zero-order valence-corrected chi connectivity index (χ0v) is 19.0. The summed E-state index contributed by atoms with van der Waals surface area (Å²) in [5.41, 5.74) is 3.60. The van der Waals surface area contributed by atoms with E-state index in [9.17, 15) is 14.4 Å². The number of ether oxygens (including phenoxy) is 1. The number of amides is 2. The number of esters is 1. The van der Waals surface area contributed by atoms with E-state index in [0.29, 0.717) is 35.7 Å². The summed E-state index contributed by atoms with van der Waals surface area (Å²) in [5, 5.41) is 2.75. The van der Waals surface area contributed by atoms with Crippen LogP contribution in [0.2, 0.25) is 0 Å². The van der Waals surface area contributed by atoms with Crippen molar-refractivity contribution in [2.45, 2.75) is 18.8 Å². The standard InChI is InChI=1S/C26H24N2O4S/c1-2-32-26(31)21-12-14-22(15-13-21)27-24(30)19-8-10-20(11-9-19)25-28(23(29)17-33-25)16-18-6-4-3-5-7-18/h3-15,25H,2,16-17H2,1H3,(H,27,30)/t25-/m0/s1. The number of carbonyl (C=O) groups excluding carboxylic acids is 3. The second kappa shape index (κ2) is 10.4. The molecule has 6 nitrogen and oxygen atoms in total. The van der Waals surface area contributed by atoms with Crippen molar-refractivity contribution in [3.63, 3.8) is 0 Å². The fourth-order valence-corrected chi connectivity index (χ4v) is 4.78. The topological polar surface area (TPSA) is 75.7 Å². The van der Waals surface area contributed by atoms with Crippen LogP contribution in [0.5, 0.6) is 0 Å². The van der Waals surface area contributed by atoms with Gasteiger partial charge in [-0.25, -0.2) is 4.79 Å². The molecule has 1 heterocycles. The first kappa shape index (κ1) is 22.6. The second-order valence-corrected chi connectivity index (χ2v) is 8.61. The van der Waals surface area contributed by atoms with Crippen LogP contribution in [-0.2, 0) is 16.1 Å². The molecule has 1 atom stereocenters. The van der Waals surface area contributed by atoms with Gasteiger partial charge in [0.25, 0.3) is 5.91 Å². The highest BCUT2D eigenvalue weighted by molar-refractivity contribution is 8.00. The van der Waals surface area contributed by atoms with Crippen LogP contribution < -0.4 is 5.32 Å². The molecule has 33 heavy (non-hydrogen) atoms. The van der Waals surface area contributed by atoms with Crippen molar-refractivity contribution in [1.82, 2.24) is 4.90 Å². The summed E-state index contributed by atoms with van der Waals surface area (Å²) < 4.78 is 4.97. The van der Waals surface area contributed by atoms with E-state index in [-0.39, 0.29) is 17.2 Å². The van der Waals surface area contributed by atoms with Gasteiger partial charge < -0.3 is 15.0 Å². The molecule has 0 spiro atoms. The average molecular weight is 461 g/mol. The first-order valence-corrected chi connectivity index (χ1v) is 11.7. The summed E-state index contributed by atoms with van der Waals surface area (Å²) in [5.74, 6) is -0.0826. The molecule has 0 aliphatic carbocycles. The van der Waals surface area contributed by atoms with Gasteiger partial charge in [-0.3, -0.25) is 9.59 Å². The van der Waals surface area contributed by atoms with Gasteiger partial charge in [0.1, 0.15) is 5.37 Å². The number of hydrogen-bond acceptors (Lipinski definition) is 5. The fraction of sp³-hybridized carbons (Fsp3) is 0.192. The van der Waals surface area contributed by atoms with Crippen LogP contribution in [0.1, 0.15) is 44.1 Å². The largest absolute Gasteiger partial charge is 0.462 e. The van der Waals surface area contributed by atoms with Crippen LogP contribution >= 0.6 is 11.8 Å². The lowest BCUT2D eigenvalue weighted by molar-refractivity contribution is -0.128. The van der Waals surface area contributed by atoms with Gasteiger partial charge in [-0.1, -0.05) is 42.5 Å². The number of hydrogen-bond donors (Lipinski definition) is 1. The van der Waals surface area contributed by atoms with E-state index in [0.717, 1.165) is 11.1 Å². The Morgan fingerprint density at radius 3 is 2.30 bits per heavy atom. The third-order valence-corrected chi connectivity index (χ3v) is 6.53. The number of carbonyl (C=O) groups is 3. The smallest absolute Gasteiger partial charge is 0.338 e. The summed E-state index contributed by atoms with van der Waals surface area (Å²) in [6.07, 6.45) is 0. The van der Waals surface area contributed by atoms with Gasteiger partial charge in [-0.15, -0.1) is 11.8 Å². The lowest BCUT2D eigenvalue weighted by atomic mass is 10.1. The van der Waals surface area contributed by atoms with E-state index in [1.54, 1.807) is 55.1 Å². The molecular weight excluding hydrogens is 436 g/mol. The van der Waals surface area contributed by atoms with Gasteiger partial charge in [0.15, 0.2) is 0 Å². The molecule has 168 valence electrons. The lowest BCUT2D eigenvalue weighted by Crippen LogP contribution is -2.27. The Morgan fingerprint density at radius 2 is 1.64 bits per heavy atom. The highest BCUT2D eigenvalue weighted by Gasteiger charge is 2.32. The molecule has 1 fully saturated rings. The maximum absolute atomic E-state index is 12.7. The molecule has 0 unspecified atom stereocenters. The van der Waals surface area contributed by atoms with Gasteiger partial charge >= 0.3 is 5.97 Å². The number of thioether (sulfide) groups is 1. The van der Waals surface area contributed by atoms with Gasteiger partial charge in [0.05, 0.1) is 17.9 Å². The van der Waals surface area contributed by atoms with Crippen molar-refractivity contribution in [3.8, 4) is 0 Å². The maximum Gasteiger partial charge on any atom is 0.338 e. The van der Waals surface area contributed by atoms with E-state index in [2.05, 4.69) is 5.32 Å². The zero-order valence-electron chi connectivity index (χ0n) is 18.2. The van der Waals surface area contributed by atoms with Crippen molar-refractivity contribution < 1.29 is 19.1 Å². The molecule has 0 radical (unpaired) electrons. The van der Waals surface area contributed by atoms with E-state index in [4.69, 9.17) is 4.74 Å². The monoisotopic (exact) mass is 460 g/mol. The lowest BCUT2D eigenvalue weighted by Gasteiger charge is -2.24. The minimum Gasteiger partial charge on any atom is -0.462 e. The van der Waals surface area contributed by atoms with Crippen molar-refractivity contribution in [2.24, 2.45) is 0 Å². The number of anilines is 1. The molecular formula is C26H24N2O4S. The first-order valence-electron chi connectivity index (χ1n) is 10.7. The van der Waals surface area contributed by atoms with Crippen molar-refractivity contribution >= 4 is 35.2 Å². The Morgan fingerprint density at radius 1 is 0.970 bits per heavy atom. The highest BCUT2D eigenvalue weighted by atomic mass is 32.2. The molecule has 7 heteroatoms.